The first-order chi connectivity index (χ1) is 8.30. The standard InChI is InChI=1S/C11H22N2O4S/c1-8(2)7-12-18(16,17)13-10-5-3-4-9(6-10)11(14)15/h8-10,12-13H,3-7H2,1-2H3,(H,14,15). The van der Waals surface area contributed by atoms with Gasteiger partial charge in [0, 0.05) is 12.6 Å². The number of aliphatic carboxylic acids is 1. The van der Waals surface area contributed by atoms with Gasteiger partial charge in [0.15, 0.2) is 0 Å². The maximum Gasteiger partial charge on any atom is 0.306 e. The minimum absolute atomic E-state index is 0.236. The molecule has 18 heavy (non-hydrogen) atoms. The number of hydrogen-bond donors (Lipinski definition) is 3. The van der Waals surface area contributed by atoms with Crippen molar-refractivity contribution >= 4 is 16.2 Å². The smallest absolute Gasteiger partial charge is 0.306 e. The Morgan fingerprint density at radius 2 is 2.06 bits per heavy atom. The van der Waals surface area contributed by atoms with Crippen molar-refractivity contribution in [3.8, 4) is 0 Å². The van der Waals surface area contributed by atoms with Crippen LogP contribution in [0.1, 0.15) is 39.5 Å². The molecule has 0 aromatic carbocycles. The predicted octanol–water partition coefficient (Wildman–Crippen LogP) is 0.710. The topological polar surface area (TPSA) is 95.5 Å². The van der Waals surface area contributed by atoms with Crippen molar-refractivity contribution in [2.75, 3.05) is 6.54 Å². The fraction of sp³-hybridized carbons (Fsp3) is 0.909. The molecule has 2 unspecified atom stereocenters. The zero-order chi connectivity index (χ0) is 13.8. The van der Waals surface area contributed by atoms with E-state index in [9.17, 15) is 13.2 Å². The van der Waals surface area contributed by atoms with Gasteiger partial charge in [-0.05, 0) is 25.2 Å². The van der Waals surface area contributed by atoms with Crippen molar-refractivity contribution in [2.45, 2.75) is 45.6 Å². The van der Waals surface area contributed by atoms with E-state index >= 15 is 0 Å². The number of carbonyl (C=O) groups is 1. The Labute approximate surface area is 108 Å². The van der Waals surface area contributed by atoms with Crippen LogP contribution in [0.5, 0.6) is 0 Å². The molecule has 1 aliphatic carbocycles. The zero-order valence-electron chi connectivity index (χ0n) is 10.8. The summed E-state index contributed by atoms with van der Waals surface area (Å²) in [4.78, 5) is 10.9. The van der Waals surface area contributed by atoms with E-state index in [2.05, 4.69) is 9.44 Å². The molecular weight excluding hydrogens is 256 g/mol. The number of nitrogens with one attached hydrogen (secondary N) is 2. The molecule has 0 spiro atoms. The number of hydrogen-bond acceptors (Lipinski definition) is 3. The van der Waals surface area contributed by atoms with Crippen LogP contribution in [-0.2, 0) is 15.0 Å². The maximum atomic E-state index is 11.7. The largest absolute Gasteiger partial charge is 0.481 e. The van der Waals surface area contributed by atoms with Crippen molar-refractivity contribution in [3.63, 3.8) is 0 Å². The Bertz CT molecular complexity index is 381. The summed E-state index contributed by atoms with van der Waals surface area (Å²) in [5, 5.41) is 8.94. The monoisotopic (exact) mass is 278 g/mol. The fourth-order valence-electron chi connectivity index (χ4n) is 2.06. The summed E-state index contributed by atoms with van der Waals surface area (Å²) in [6.45, 7) is 4.22. The lowest BCUT2D eigenvalue weighted by Crippen LogP contribution is -2.46. The molecule has 1 saturated carbocycles. The summed E-state index contributed by atoms with van der Waals surface area (Å²) in [7, 11) is -3.52. The van der Waals surface area contributed by atoms with Gasteiger partial charge in [0.05, 0.1) is 5.92 Å². The van der Waals surface area contributed by atoms with E-state index < -0.39 is 22.1 Å². The molecule has 1 aliphatic rings. The highest BCUT2D eigenvalue weighted by Crippen LogP contribution is 2.24. The Morgan fingerprint density at radius 1 is 1.39 bits per heavy atom. The molecule has 0 aromatic rings. The molecule has 1 fully saturated rings. The van der Waals surface area contributed by atoms with Crippen LogP contribution < -0.4 is 9.44 Å². The van der Waals surface area contributed by atoms with Crippen LogP contribution in [-0.4, -0.2) is 32.1 Å². The molecule has 0 aliphatic heterocycles. The Kier molecular flexibility index (Phi) is 5.55. The van der Waals surface area contributed by atoms with Gasteiger partial charge in [0.1, 0.15) is 0 Å². The molecule has 0 amide bonds. The summed E-state index contributed by atoms with van der Waals surface area (Å²) >= 11 is 0. The minimum Gasteiger partial charge on any atom is -0.481 e. The first-order valence-corrected chi connectivity index (χ1v) is 7.78. The molecule has 0 heterocycles. The minimum atomic E-state index is -3.52. The Balaban J connectivity index is 2.48. The molecule has 6 nitrogen and oxygen atoms in total. The van der Waals surface area contributed by atoms with Crippen LogP contribution in [0.4, 0.5) is 0 Å². The van der Waals surface area contributed by atoms with E-state index in [1.807, 2.05) is 13.8 Å². The van der Waals surface area contributed by atoms with Gasteiger partial charge in [-0.3, -0.25) is 4.79 Å². The Morgan fingerprint density at radius 3 is 2.61 bits per heavy atom. The van der Waals surface area contributed by atoms with E-state index in [1.165, 1.54) is 0 Å². The average Bonchev–Trinajstić information content (AvgIpc) is 2.26. The van der Waals surface area contributed by atoms with Crippen LogP contribution in [0.2, 0.25) is 0 Å². The Hall–Kier alpha value is -0.660. The van der Waals surface area contributed by atoms with Crippen LogP contribution in [0.15, 0.2) is 0 Å². The summed E-state index contributed by atoms with van der Waals surface area (Å²) in [5.41, 5.74) is 0. The number of carboxylic acid groups (broad SMARTS) is 1. The van der Waals surface area contributed by atoms with Gasteiger partial charge in [0.2, 0.25) is 0 Å². The normalized spacial score (nSPS) is 25.3. The second-order valence-corrected chi connectivity index (χ2v) is 6.79. The van der Waals surface area contributed by atoms with Crippen molar-refractivity contribution in [3.05, 3.63) is 0 Å². The molecule has 0 saturated heterocycles. The van der Waals surface area contributed by atoms with E-state index in [0.29, 0.717) is 25.8 Å². The van der Waals surface area contributed by atoms with Crippen molar-refractivity contribution in [1.82, 2.24) is 9.44 Å². The SMILES string of the molecule is CC(C)CNS(=O)(=O)NC1CCCC(C(=O)O)C1. The second-order valence-electron chi connectivity index (χ2n) is 5.26. The average molecular weight is 278 g/mol. The van der Waals surface area contributed by atoms with E-state index in [4.69, 9.17) is 5.11 Å². The molecule has 0 bridgehead atoms. The maximum absolute atomic E-state index is 11.7. The first kappa shape index (κ1) is 15.4. The molecule has 106 valence electrons. The van der Waals surface area contributed by atoms with Crippen LogP contribution in [0.3, 0.4) is 0 Å². The van der Waals surface area contributed by atoms with Gasteiger partial charge >= 0.3 is 5.97 Å². The van der Waals surface area contributed by atoms with Crippen LogP contribution in [0.25, 0.3) is 0 Å². The molecule has 7 heteroatoms. The molecule has 3 N–H and O–H groups in total. The summed E-state index contributed by atoms with van der Waals surface area (Å²) in [6.07, 6.45) is 2.45. The van der Waals surface area contributed by atoms with Gasteiger partial charge in [0.25, 0.3) is 10.2 Å². The highest BCUT2D eigenvalue weighted by molar-refractivity contribution is 7.87. The third kappa shape index (κ3) is 5.32. The third-order valence-corrected chi connectivity index (χ3v) is 4.22. The molecule has 0 radical (unpaired) electrons. The second kappa shape index (κ2) is 6.49. The summed E-state index contributed by atoms with van der Waals surface area (Å²) < 4.78 is 28.4. The summed E-state index contributed by atoms with van der Waals surface area (Å²) in [6, 6.07) is -0.274. The van der Waals surface area contributed by atoms with Gasteiger partial charge < -0.3 is 5.11 Å². The van der Waals surface area contributed by atoms with Crippen LogP contribution >= 0.6 is 0 Å². The van der Waals surface area contributed by atoms with Gasteiger partial charge in [-0.2, -0.15) is 13.1 Å². The predicted molar refractivity (Wildman–Crippen MR) is 68.3 cm³/mol. The zero-order valence-corrected chi connectivity index (χ0v) is 11.7. The van der Waals surface area contributed by atoms with Gasteiger partial charge in [-0.1, -0.05) is 20.3 Å². The van der Waals surface area contributed by atoms with Crippen molar-refractivity contribution in [1.29, 1.82) is 0 Å². The number of rotatable bonds is 6. The van der Waals surface area contributed by atoms with Crippen LogP contribution in [0, 0.1) is 11.8 Å². The highest BCUT2D eigenvalue weighted by Gasteiger charge is 2.29. The van der Waals surface area contributed by atoms with Crippen molar-refractivity contribution in [2.24, 2.45) is 11.8 Å². The fourth-order valence-corrected chi connectivity index (χ4v) is 3.35. The summed E-state index contributed by atoms with van der Waals surface area (Å²) in [5.74, 6) is -1.04. The van der Waals surface area contributed by atoms with Gasteiger partial charge in [-0.25, -0.2) is 4.72 Å². The van der Waals surface area contributed by atoms with E-state index in [-0.39, 0.29) is 12.0 Å². The first-order valence-electron chi connectivity index (χ1n) is 6.30. The molecule has 1 rings (SSSR count). The quantitative estimate of drug-likeness (QED) is 0.667. The third-order valence-electron chi connectivity index (χ3n) is 3.03. The highest BCUT2D eigenvalue weighted by atomic mass is 32.2. The van der Waals surface area contributed by atoms with E-state index in [0.717, 1.165) is 6.42 Å². The molecular formula is C11H22N2O4S. The number of carboxylic acids is 1. The molecule has 0 aromatic heterocycles. The lowest BCUT2D eigenvalue weighted by molar-refractivity contribution is -0.143. The van der Waals surface area contributed by atoms with Crippen molar-refractivity contribution < 1.29 is 18.3 Å². The molecule has 2 atom stereocenters. The van der Waals surface area contributed by atoms with Gasteiger partial charge in [-0.15, -0.1) is 0 Å². The lowest BCUT2D eigenvalue weighted by atomic mass is 9.86. The lowest BCUT2D eigenvalue weighted by Gasteiger charge is -2.27. The van der Waals surface area contributed by atoms with E-state index in [1.54, 1.807) is 0 Å².